The van der Waals surface area contributed by atoms with Gasteiger partial charge in [-0.05, 0) is 44.2 Å². The lowest BCUT2D eigenvalue weighted by atomic mass is 10.1. The first kappa shape index (κ1) is 22.8. The Kier molecular flexibility index (Phi) is 6.68. The normalized spacial score (nSPS) is 13.1. The fraction of sp³-hybridized carbons (Fsp3) is 0.261. The molecule has 3 N–H and O–H groups in total. The quantitative estimate of drug-likeness (QED) is 0.435. The first-order valence-electron chi connectivity index (χ1n) is 10.6. The molecular formula is C23H25N5O4S. The van der Waals surface area contributed by atoms with Crippen molar-refractivity contribution < 1.29 is 17.9 Å². The van der Waals surface area contributed by atoms with Crippen molar-refractivity contribution in [2.75, 3.05) is 23.8 Å². The number of ether oxygens (including phenoxy) is 1. The second-order valence-electron chi connectivity index (χ2n) is 7.80. The molecule has 10 heteroatoms. The van der Waals surface area contributed by atoms with E-state index in [1.54, 1.807) is 18.3 Å². The summed E-state index contributed by atoms with van der Waals surface area (Å²) in [5, 5.41) is 5.98. The van der Waals surface area contributed by atoms with E-state index in [-0.39, 0.29) is 29.9 Å². The molecule has 3 aromatic rings. The Labute approximate surface area is 192 Å². The van der Waals surface area contributed by atoms with Gasteiger partial charge >= 0.3 is 0 Å². The summed E-state index contributed by atoms with van der Waals surface area (Å²) < 4.78 is 32.8. The molecule has 2 heterocycles. The third kappa shape index (κ3) is 5.54. The van der Waals surface area contributed by atoms with E-state index in [4.69, 9.17) is 4.74 Å². The van der Waals surface area contributed by atoms with Crippen molar-refractivity contribution in [2.45, 2.75) is 31.3 Å². The average Bonchev–Trinajstić information content (AvgIpc) is 2.92. The van der Waals surface area contributed by atoms with E-state index in [2.05, 4.69) is 25.3 Å². The van der Waals surface area contributed by atoms with Gasteiger partial charge in [-0.15, -0.1) is 0 Å². The van der Waals surface area contributed by atoms with E-state index < -0.39 is 10.0 Å². The van der Waals surface area contributed by atoms with Gasteiger partial charge < -0.3 is 15.4 Å². The third-order valence-corrected chi connectivity index (χ3v) is 6.41. The van der Waals surface area contributed by atoms with Gasteiger partial charge in [0.05, 0.1) is 35.4 Å². The number of carbonyl (C=O) groups excluding carboxylic acids is 1. The van der Waals surface area contributed by atoms with Crippen LogP contribution < -0.4 is 15.4 Å². The molecule has 1 aliphatic rings. The molecule has 0 aliphatic carbocycles. The molecule has 0 saturated heterocycles. The minimum absolute atomic E-state index is 0.0419. The highest BCUT2D eigenvalue weighted by Gasteiger charge is 2.20. The Morgan fingerprint density at radius 3 is 2.64 bits per heavy atom. The Bertz CT molecular complexity index is 1260. The van der Waals surface area contributed by atoms with Gasteiger partial charge in [-0.25, -0.2) is 23.1 Å². The topological polar surface area (TPSA) is 122 Å². The first-order chi connectivity index (χ1) is 15.8. The van der Waals surface area contributed by atoms with Gasteiger partial charge in [0.2, 0.25) is 21.9 Å². The summed E-state index contributed by atoms with van der Waals surface area (Å²) in [5.74, 6) is 0.226. The maximum Gasteiger partial charge on any atom is 0.240 e. The van der Waals surface area contributed by atoms with Crippen LogP contribution in [0.4, 0.5) is 17.3 Å². The highest BCUT2D eigenvalue weighted by molar-refractivity contribution is 7.89. The summed E-state index contributed by atoms with van der Waals surface area (Å²) in [6.07, 6.45) is 1.86. The number of rotatable bonds is 8. The van der Waals surface area contributed by atoms with Crippen LogP contribution in [0.2, 0.25) is 0 Å². The highest BCUT2D eigenvalue weighted by atomic mass is 32.2. The van der Waals surface area contributed by atoms with Gasteiger partial charge in [-0.3, -0.25) is 4.79 Å². The molecule has 0 fully saturated rings. The van der Waals surface area contributed by atoms with Crippen LogP contribution in [0.5, 0.6) is 0 Å². The van der Waals surface area contributed by atoms with Crippen LogP contribution in [0.15, 0.2) is 59.6 Å². The smallest absolute Gasteiger partial charge is 0.240 e. The summed E-state index contributed by atoms with van der Waals surface area (Å²) in [4.78, 5) is 21.3. The van der Waals surface area contributed by atoms with Crippen LogP contribution in [-0.2, 0) is 26.0 Å². The molecule has 0 unspecified atom stereocenters. The Morgan fingerprint density at radius 2 is 1.88 bits per heavy atom. The van der Waals surface area contributed by atoms with Crippen molar-refractivity contribution in [3.8, 4) is 11.3 Å². The van der Waals surface area contributed by atoms with Crippen molar-refractivity contribution in [1.29, 1.82) is 0 Å². The molecule has 33 heavy (non-hydrogen) atoms. The first-order valence-corrected chi connectivity index (χ1v) is 12.0. The number of hydrogen-bond acceptors (Lipinski definition) is 7. The molecule has 172 valence electrons. The molecular weight excluding hydrogens is 442 g/mol. The van der Waals surface area contributed by atoms with Gasteiger partial charge in [-0.2, -0.15) is 0 Å². The number of aromatic nitrogens is 2. The number of benzene rings is 2. The molecule has 0 radical (unpaired) electrons. The van der Waals surface area contributed by atoms with Gasteiger partial charge in [0.1, 0.15) is 0 Å². The van der Waals surface area contributed by atoms with E-state index >= 15 is 0 Å². The number of para-hydroxylation sites is 1. The number of hydrogen-bond donors (Lipinski definition) is 3. The number of anilines is 3. The fourth-order valence-corrected chi connectivity index (χ4v) is 4.41. The molecule has 2 aromatic carbocycles. The summed E-state index contributed by atoms with van der Waals surface area (Å²) in [6.45, 7) is 4.28. The summed E-state index contributed by atoms with van der Waals surface area (Å²) in [7, 11) is -3.63. The van der Waals surface area contributed by atoms with Crippen LogP contribution in [-0.4, -0.2) is 43.5 Å². The van der Waals surface area contributed by atoms with Crippen LogP contribution >= 0.6 is 0 Å². The molecule has 9 nitrogen and oxygen atoms in total. The number of nitrogens with zero attached hydrogens (tertiary/aromatic N) is 2. The van der Waals surface area contributed by atoms with E-state index in [1.165, 1.54) is 12.1 Å². The minimum atomic E-state index is -3.63. The number of sulfonamides is 1. The van der Waals surface area contributed by atoms with Gasteiger partial charge in [0.15, 0.2) is 0 Å². The zero-order valence-electron chi connectivity index (χ0n) is 18.3. The van der Waals surface area contributed by atoms with Crippen molar-refractivity contribution >= 4 is 33.3 Å². The Balaban J connectivity index is 1.50. The van der Waals surface area contributed by atoms with Gasteiger partial charge in [-0.1, -0.05) is 18.2 Å². The predicted molar refractivity (Wildman–Crippen MR) is 126 cm³/mol. The van der Waals surface area contributed by atoms with E-state index in [9.17, 15) is 13.2 Å². The minimum Gasteiger partial charge on any atom is -0.377 e. The molecule has 0 atom stereocenters. The maximum absolute atomic E-state index is 12.4. The lowest BCUT2D eigenvalue weighted by molar-refractivity contribution is -0.115. The molecule has 1 amide bonds. The summed E-state index contributed by atoms with van der Waals surface area (Å²) in [6, 6.07) is 13.8. The molecule has 1 aromatic heterocycles. The second-order valence-corrected chi connectivity index (χ2v) is 9.57. The zero-order valence-corrected chi connectivity index (χ0v) is 19.1. The summed E-state index contributed by atoms with van der Waals surface area (Å²) in [5.41, 5.74) is 3.56. The molecule has 0 bridgehead atoms. The molecule has 0 saturated carbocycles. The predicted octanol–water partition coefficient (Wildman–Crippen LogP) is 3.09. The van der Waals surface area contributed by atoms with Crippen molar-refractivity contribution in [3.63, 3.8) is 0 Å². The standard InChI is InChI=1S/C23H25N5O4S/c1-15(2)32-12-11-25-33(30,31)18-9-7-17(8-10-18)26-23-24-14-16-13-21(29)27-20-6-4-3-5-19(20)22(16)28-23/h3-10,14-15,25H,11-13H2,1-2H3,(H,27,29)(H,24,26,28). The van der Waals surface area contributed by atoms with E-state index in [0.717, 1.165) is 11.1 Å². The monoisotopic (exact) mass is 467 g/mol. The highest BCUT2D eigenvalue weighted by Crippen LogP contribution is 2.32. The van der Waals surface area contributed by atoms with Crippen LogP contribution in [0.3, 0.4) is 0 Å². The largest absolute Gasteiger partial charge is 0.377 e. The summed E-state index contributed by atoms with van der Waals surface area (Å²) >= 11 is 0. The number of amides is 1. The zero-order chi connectivity index (χ0) is 23.4. The van der Waals surface area contributed by atoms with Gasteiger partial charge in [0, 0.05) is 29.6 Å². The third-order valence-electron chi connectivity index (χ3n) is 4.94. The Hall–Kier alpha value is -3.34. The van der Waals surface area contributed by atoms with E-state index in [0.29, 0.717) is 29.6 Å². The van der Waals surface area contributed by atoms with Crippen LogP contribution in [0.1, 0.15) is 19.4 Å². The second kappa shape index (κ2) is 9.65. The number of nitrogens with one attached hydrogen (secondary N) is 3. The van der Waals surface area contributed by atoms with Crippen molar-refractivity contribution in [3.05, 3.63) is 60.3 Å². The van der Waals surface area contributed by atoms with Crippen LogP contribution in [0.25, 0.3) is 11.3 Å². The SMILES string of the molecule is CC(C)OCCNS(=O)(=O)c1ccc(Nc2ncc3c(n2)-c2ccccc2NC(=O)C3)cc1. The lowest BCUT2D eigenvalue weighted by Crippen LogP contribution is -2.28. The average molecular weight is 468 g/mol. The fourth-order valence-electron chi connectivity index (χ4n) is 3.40. The Morgan fingerprint density at radius 1 is 1.12 bits per heavy atom. The van der Waals surface area contributed by atoms with Crippen molar-refractivity contribution in [1.82, 2.24) is 14.7 Å². The lowest BCUT2D eigenvalue weighted by Gasteiger charge is -2.11. The maximum atomic E-state index is 12.4. The number of carbonyl (C=O) groups is 1. The van der Waals surface area contributed by atoms with Gasteiger partial charge in [0.25, 0.3) is 0 Å². The molecule has 1 aliphatic heterocycles. The molecule has 4 rings (SSSR count). The molecule has 0 spiro atoms. The van der Waals surface area contributed by atoms with E-state index in [1.807, 2.05) is 38.1 Å². The number of fused-ring (bicyclic) bond motifs is 3. The van der Waals surface area contributed by atoms with Crippen molar-refractivity contribution in [2.24, 2.45) is 0 Å². The van der Waals surface area contributed by atoms with Crippen LogP contribution in [0, 0.1) is 0 Å².